The molecule has 0 unspecified atom stereocenters. The van der Waals surface area contributed by atoms with E-state index in [1.165, 1.54) is 28.4 Å². The second kappa shape index (κ2) is 15.0. The van der Waals surface area contributed by atoms with Crippen LogP contribution in [0.5, 0.6) is 0 Å². The normalized spacial score (nSPS) is 12.2. The summed E-state index contributed by atoms with van der Waals surface area (Å²) in [4.78, 5) is 59.1. The van der Waals surface area contributed by atoms with Crippen LogP contribution in [0.3, 0.4) is 0 Å². The fourth-order valence-corrected chi connectivity index (χ4v) is 7.01. The number of nitrogens with one attached hydrogen (secondary N) is 3. The molecule has 14 heteroatoms. The number of nitrogens with two attached hydrogens (primary N) is 1. The van der Waals surface area contributed by atoms with Gasteiger partial charge >= 0.3 is 221 Å². The Bertz CT molecular complexity index is 1150. The third-order valence-corrected chi connectivity index (χ3v) is 8.90. The second-order valence-corrected chi connectivity index (χ2v) is 11.7. The van der Waals surface area contributed by atoms with Gasteiger partial charge in [-0.25, -0.2) is 0 Å². The number of carbonyl (C=O) groups excluding carboxylic acids is 3. The van der Waals surface area contributed by atoms with E-state index in [1.807, 2.05) is 0 Å². The first-order valence-electron chi connectivity index (χ1n) is 10.8. The van der Waals surface area contributed by atoms with E-state index in [4.69, 9.17) is 15.9 Å². The fourth-order valence-electron chi connectivity index (χ4n) is 2.80. The molecule has 0 aromatic heterocycles. The zero-order valence-corrected chi connectivity index (χ0v) is 21.8. The van der Waals surface area contributed by atoms with Crippen LogP contribution in [-0.4, -0.2) is 78.1 Å². The van der Waals surface area contributed by atoms with Crippen LogP contribution < -0.4 is 26.1 Å². The Hall–Kier alpha value is -3.45. The van der Waals surface area contributed by atoms with Crippen molar-refractivity contribution in [3.8, 4) is 0 Å². The van der Waals surface area contributed by atoms with E-state index in [2.05, 4.69) is 16.0 Å². The summed E-state index contributed by atoms with van der Waals surface area (Å²) >= 11 is -0.405. The molecule has 37 heavy (non-hydrogen) atoms. The number of aliphatic carboxylic acids is 2. The van der Waals surface area contributed by atoms with Gasteiger partial charge in [0.2, 0.25) is 0 Å². The minimum atomic E-state index is -1.26. The van der Waals surface area contributed by atoms with Gasteiger partial charge in [0.1, 0.15) is 0 Å². The number of carboxylic acid groups (broad SMARTS) is 2. The Morgan fingerprint density at radius 3 is 2.46 bits per heavy atom. The van der Waals surface area contributed by atoms with Crippen molar-refractivity contribution in [2.24, 2.45) is 5.73 Å². The van der Waals surface area contributed by atoms with Gasteiger partial charge in [0.05, 0.1) is 0 Å². The van der Waals surface area contributed by atoms with Gasteiger partial charge in [-0.05, 0) is 0 Å². The van der Waals surface area contributed by atoms with Crippen LogP contribution in [0.1, 0.15) is 23.2 Å². The molecule has 0 aliphatic heterocycles. The van der Waals surface area contributed by atoms with Gasteiger partial charge in [-0.15, -0.1) is 0 Å². The average molecular weight is 599 g/mol. The standard InChI is InChI=1S/C23H25FN4O7SSe/c24-13-4-3-5-14(10-13)27-21(32)15-6-1-2-7-18(15)37-36-12-17(22(33)26-11-20(30)31)28-19(29)9-8-16(25)23(34)35/h1-7,10,16-17H,8-9,11-12,25H2,(H,26,33)(H,27,32)(H,28,29)(H,30,31)(H,34,35)/t16-,17-/m1/s1. The molecule has 198 valence electrons. The SMILES string of the molecule is N[C@H](CCC(=O)N[C@H](CS[Se]c1ccccc1C(=O)Nc1cccc(F)c1)C(=O)NCC(=O)O)C(=O)O. The van der Waals surface area contributed by atoms with E-state index < -0.39 is 67.9 Å². The van der Waals surface area contributed by atoms with E-state index in [0.717, 1.165) is 0 Å². The average Bonchev–Trinajstić information content (AvgIpc) is 2.85. The van der Waals surface area contributed by atoms with Gasteiger partial charge in [0.25, 0.3) is 0 Å². The number of amides is 3. The molecule has 0 fully saturated rings. The van der Waals surface area contributed by atoms with Gasteiger partial charge in [-0.3, -0.25) is 0 Å². The van der Waals surface area contributed by atoms with Crippen molar-refractivity contribution in [2.75, 3.05) is 17.6 Å². The molecule has 0 radical (unpaired) electrons. The number of rotatable bonds is 14. The predicted molar refractivity (Wildman–Crippen MR) is 136 cm³/mol. The van der Waals surface area contributed by atoms with Gasteiger partial charge in [0, 0.05) is 0 Å². The molecule has 0 saturated carbocycles. The number of carboxylic acids is 2. The summed E-state index contributed by atoms with van der Waals surface area (Å²) in [5, 5.41) is 25.0. The molecular weight excluding hydrogens is 574 g/mol. The van der Waals surface area contributed by atoms with Crippen LogP contribution in [0.25, 0.3) is 0 Å². The number of carbonyl (C=O) groups is 5. The number of halogens is 1. The first kappa shape index (κ1) is 29.8. The molecule has 2 rings (SSSR count). The van der Waals surface area contributed by atoms with Crippen LogP contribution >= 0.6 is 10.2 Å². The molecule has 0 aliphatic carbocycles. The Balaban J connectivity index is 2.03. The van der Waals surface area contributed by atoms with Crippen molar-refractivity contribution in [3.63, 3.8) is 0 Å². The van der Waals surface area contributed by atoms with Crippen molar-refractivity contribution in [1.29, 1.82) is 0 Å². The van der Waals surface area contributed by atoms with Crippen LogP contribution in [0, 0.1) is 5.82 Å². The summed E-state index contributed by atoms with van der Waals surface area (Å²) in [5.74, 6) is -4.74. The van der Waals surface area contributed by atoms with Crippen molar-refractivity contribution < 1.29 is 38.6 Å². The first-order valence-corrected chi connectivity index (χ1v) is 14.7. The summed E-state index contributed by atoms with van der Waals surface area (Å²) < 4.78 is 14.1. The maximum atomic E-state index is 13.4. The minimum absolute atomic E-state index is 0.0576. The molecule has 3 amide bonds. The molecule has 0 spiro atoms. The number of hydrogen-bond donors (Lipinski definition) is 6. The van der Waals surface area contributed by atoms with Gasteiger partial charge in [0.15, 0.2) is 0 Å². The van der Waals surface area contributed by atoms with Gasteiger partial charge < -0.3 is 0 Å². The summed E-state index contributed by atoms with van der Waals surface area (Å²) in [7, 11) is 1.27. The molecule has 0 aliphatic rings. The molecule has 2 atom stereocenters. The maximum absolute atomic E-state index is 13.4. The number of hydrogen-bond acceptors (Lipinski definition) is 7. The molecule has 11 nitrogen and oxygen atoms in total. The van der Waals surface area contributed by atoms with Gasteiger partial charge in [-0.2, -0.15) is 0 Å². The van der Waals surface area contributed by atoms with E-state index in [9.17, 15) is 28.4 Å². The van der Waals surface area contributed by atoms with E-state index in [0.29, 0.717) is 15.7 Å². The zero-order chi connectivity index (χ0) is 27.4. The first-order chi connectivity index (χ1) is 17.6. The van der Waals surface area contributed by atoms with Crippen LogP contribution in [-0.2, 0) is 19.2 Å². The van der Waals surface area contributed by atoms with E-state index >= 15 is 0 Å². The van der Waals surface area contributed by atoms with Crippen molar-refractivity contribution >= 4 is 63.8 Å². The Labute approximate surface area is 221 Å². The topological polar surface area (TPSA) is 188 Å². The Kier molecular flexibility index (Phi) is 12.0. The molecule has 0 bridgehead atoms. The van der Waals surface area contributed by atoms with Crippen molar-refractivity contribution in [2.45, 2.75) is 24.9 Å². The third kappa shape index (κ3) is 10.6. The number of anilines is 1. The molecule has 0 heterocycles. The quantitative estimate of drug-likeness (QED) is 0.162. The molecular formula is C23H25FN4O7SSe. The fraction of sp³-hybridized carbons (Fsp3) is 0.261. The summed E-state index contributed by atoms with van der Waals surface area (Å²) in [5.41, 5.74) is 6.05. The zero-order valence-electron chi connectivity index (χ0n) is 19.3. The summed E-state index contributed by atoms with van der Waals surface area (Å²) in [6.07, 6.45) is -0.384. The van der Waals surface area contributed by atoms with E-state index in [-0.39, 0.29) is 18.6 Å². The van der Waals surface area contributed by atoms with Crippen molar-refractivity contribution in [3.05, 3.63) is 59.9 Å². The predicted octanol–water partition coefficient (Wildman–Crippen LogP) is -0.0666. The van der Waals surface area contributed by atoms with Gasteiger partial charge in [-0.1, -0.05) is 0 Å². The monoisotopic (exact) mass is 600 g/mol. The molecule has 2 aromatic rings. The molecule has 0 saturated heterocycles. The van der Waals surface area contributed by atoms with Crippen LogP contribution in [0.2, 0.25) is 0 Å². The summed E-state index contributed by atoms with van der Waals surface area (Å²) in [6, 6.07) is 9.88. The Morgan fingerprint density at radius 2 is 1.78 bits per heavy atom. The van der Waals surface area contributed by atoms with Crippen LogP contribution in [0.15, 0.2) is 48.5 Å². The second-order valence-electron chi connectivity index (χ2n) is 7.54. The third-order valence-electron chi connectivity index (χ3n) is 4.66. The van der Waals surface area contributed by atoms with E-state index in [1.54, 1.807) is 30.3 Å². The van der Waals surface area contributed by atoms with Crippen molar-refractivity contribution in [1.82, 2.24) is 10.6 Å². The Morgan fingerprint density at radius 1 is 1.05 bits per heavy atom. The number of benzene rings is 2. The summed E-state index contributed by atoms with van der Waals surface area (Å²) in [6.45, 7) is -0.645. The molecule has 7 N–H and O–H groups in total. The van der Waals surface area contributed by atoms with Crippen LogP contribution in [0.4, 0.5) is 10.1 Å². The molecule has 2 aromatic carbocycles.